The van der Waals surface area contributed by atoms with Crippen molar-refractivity contribution in [1.82, 2.24) is 0 Å². The Hall–Kier alpha value is -2.34. The largest absolute Gasteiger partial charge is 0.494 e. The van der Waals surface area contributed by atoms with E-state index in [-0.39, 0.29) is 43.5 Å². The van der Waals surface area contributed by atoms with Crippen LogP contribution >= 0.6 is 7.60 Å². The van der Waals surface area contributed by atoms with E-state index in [9.17, 15) is 9.36 Å². The van der Waals surface area contributed by atoms with Crippen LogP contribution in [0.3, 0.4) is 0 Å². The van der Waals surface area contributed by atoms with E-state index in [1.165, 1.54) is 5.56 Å². The van der Waals surface area contributed by atoms with Crippen LogP contribution in [-0.2, 0) is 15.9 Å². The average molecular weight is 418 g/mol. The van der Waals surface area contributed by atoms with Crippen LogP contribution in [0, 0.1) is 0 Å². The van der Waals surface area contributed by atoms with E-state index >= 15 is 0 Å². The molecule has 0 radical (unpaired) electrons. The molecule has 0 aliphatic carbocycles. The predicted molar refractivity (Wildman–Crippen MR) is 112 cm³/mol. The molecule has 3 rings (SSSR count). The minimum Gasteiger partial charge on any atom is -0.494 e. The van der Waals surface area contributed by atoms with Gasteiger partial charge in [0.15, 0.2) is 0 Å². The van der Waals surface area contributed by atoms with Crippen LogP contribution in [0.2, 0.25) is 0 Å². The molecule has 0 saturated carbocycles. The first-order valence-corrected chi connectivity index (χ1v) is 11.4. The zero-order valence-corrected chi connectivity index (χ0v) is 17.3. The Morgan fingerprint density at radius 2 is 1.93 bits per heavy atom. The third kappa shape index (κ3) is 5.60. The van der Waals surface area contributed by atoms with Crippen molar-refractivity contribution in [3.63, 3.8) is 0 Å². The molecular formula is C21H27N2O5P. The van der Waals surface area contributed by atoms with Crippen LogP contribution < -0.4 is 15.4 Å². The zero-order valence-electron chi connectivity index (χ0n) is 16.4. The van der Waals surface area contributed by atoms with Gasteiger partial charge in [-0.1, -0.05) is 30.3 Å². The molecule has 0 aromatic heterocycles. The number of anilines is 1. The number of nitrogens with two attached hydrogens (primary N) is 1. The van der Waals surface area contributed by atoms with Gasteiger partial charge in [-0.05, 0) is 42.7 Å². The molecule has 1 aliphatic heterocycles. The molecule has 0 saturated heterocycles. The second-order valence-corrected chi connectivity index (χ2v) is 9.22. The molecule has 0 bridgehead atoms. The van der Waals surface area contributed by atoms with Gasteiger partial charge in [-0.15, -0.1) is 0 Å². The Kier molecular flexibility index (Phi) is 6.63. The van der Waals surface area contributed by atoms with E-state index < -0.39 is 7.60 Å². The van der Waals surface area contributed by atoms with Gasteiger partial charge >= 0.3 is 7.60 Å². The number of primary amides is 1. The molecule has 1 amide bonds. The van der Waals surface area contributed by atoms with E-state index in [1.54, 1.807) is 0 Å². The van der Waals surface area contributed by atoms with Gasteiger partial charge in [0.1, 0.15) is 5.75 Å². The highest BCUT2D eigenvalue weighted by molar-refractivity contribution is 7.51. The molecule has 2 aromatic carbocycles. The Morgan fingerprint density at radius 3 is 2.59 bits per heavy atom. The lowest BCUT2D eigenvalue weighted by molar-refractivity contribution is -0.118. The number of amides is 1. The highest BCUT2D eigenvalue weighted by Crippen LogP contribution is 2.45. The maximum Gasteiger partial charge on any atom is 0.325 e. The van der Waals surface area contributed by atoms with Crippen LogP contribution in [-0.4, -0.2) is 34.5 Å². The summed E-state index contributed by atoms with van der Waals surface area (Å²) in [6.45, 7) is 3.04. The summed E-state index contributed by atoms with van der Waals surface area (Å²) >= 11 is 0. The first-order valence-electron chi connectivity index (χ1n) is 9.65. The summed E-state index contributed by atoms with van der Waals surface area (Å²) < 4.78 is 16.6. The first kappa shape index (κ1) is 21.4. The van der Waals surface area contributed by atoms with Crippen LogP contribution in [0.4, 0.5) is 5.69 Å². The number of ether oxygens (including phenoxy) is 1. The summed E-state index contributed by atoms with van der Waals surface area (Å²) in [6.07, 6.45) is 0.313. The molecule has 0 spiro atoms. The molecule has 0 fully saturated rings. The lowest BCUT2D eigenvalue weighted by Gasteiger charge is -2.27. The van der Waals surface area contributed by atoms with Crippen molar-refractivity contribution in [1.29, 1.82) is 0 Å². The van der Waals surface area contributed by atoms with Gasteiger partial charge in [0.05, 0.1) is 12.8 Å². The SMILES string of the molecule is CC1C(CC(N)=O)c2cc(OCCCP(=O)(O)O)ccc2N1Cc1ccccc1. The average Bonchev–Trinajstić information content (AvgIpc) is 2.90. The van der Waals surface area contributed by atoms with Crippen molar-refractivity contribution in [3.05, 3.63) is 59.7 Å². The minimum absolute atomic E-state index is 0.0372. The van der Waals surface area contributed by atoms with Crippen LogP contribution in [0.25, 0.3) is 0 Å². The molecule has 8 heteroatoms. The van der Waals surface area contributed by atoms with E-state index in [0.717, 1.165) is 17.8 Å². The number of nitrogens with zero attached hydrogens (tertiary/aromatic N) is 1. The molecule has 2 unspecified atom stereocenters. The highest BCUT2D eigenvalue weighted by Gasteiger charge is 2.36. The van der Waals surface area contributed by atoms with Gasteiger partial charge in [0.25, 0.3) is 0 Å². The van der Waals surface area contributed by atoms with Crippen molar-refractivity contribution < 1.29 is 23.9 Å². The Balaban J connectivity index is 1.79. The molecular weight excluding hydrogens is 391 g/mol. The molecule has 1 heterocycles. The number of carbonyl (C=O) groups excluding carboxylic acids is 1. The Bertz CT molecular complexity index is 899. The first-order chi connectivity index (χ1) is 13.7. The lowest BCUT2D eigenvalue weighted by Crippen LogP contribution is -2.32. The van der Waals surface area contributed by atoms with Crippen molar-refractivity contribution in [2.75, 3.05) is 17.7 Å². The van der Waals surface area contributed by atoms with Gasteiger partial charge in [0, 0.05) is 30.6 Å². The fourth-order valence-electron chi connectivity index (χ4n) is 3.84. The number of hydrogen-bond acceptors (Lipinski definition) is 4. The fourth-order valence-corrected chi connectivity index (χ4v) is 4.39. The summed E-state index contributed by atoms with van der Waals surface area (Å²) in [5, 5.41) is 0. The predicted octanol–water partition coefficient (Wildman–Crippen LogP) is 3.00. The normalized spacial score (nSPS) is 18.5. The third-order valence-electron chi connectivity index (χ3n) is 5.26. The third-order valence-corrected chi connectivity index (χ3v) is 6.16. The molecule has 29 heavy (non-hydrogen) atoms. The van der Waals surface area contributed by atoms with Crippen molar-refractivity contribution in [2.24, 2.45) is 5.73 Å². The number of hydrogen-bond donors (Lipinski definition) is 3. The molecule has 156 valence electrons. The zero-order chi connectivity index (χ0) is 21.0. The molecule has 2 atom stereocenters. The van der Waals surface area contributed by atoms with Gasteiger partial charge in [-0.2, -0.15) is 0 Å². The van der Waals surface area contributed by atoms with E-state index in [4.69, 9.17) is 20.3 Å². The van der Waals surface area contributed by atoms with Crippen molar-refractivity contribution in [3.8, 4) is 5.75 Å². The molecule has 4 N–H and O–H groups in total. The minimum atomic E-state index is -4.01. The van der Waals surface area contributed by atoms with Crippen LogP contribution in [0.1, 0.15) is 36.8 Å². The quantitative estimate of drug-likeness (QED) is 0.426. The second kappa shape index (κ2) is 8.99. The van der Waals surface area contributed by atoms with Crippen LogP contribution in [0.5, 0.6) is 5.75 Å². The van der Waals surface area contributed by atoms with Crippen molar-refractivity contribution >= 4 is 19.2 Å². The van der Waals surface area contributed by atoms with E-state index in [1.807, 2.05) is 36.4 Å². The van der Waals surface area contributed by atoms with Crippen LogP contribution in [0.15, 0.2) is 48.5 Å². The lowest BCUT2D eigenvalue weighted by atomic mass is 9.92. The van der Waals surface area contributed by atoms with Gasteiger partial charge in [0.2, 0.25) is 5.91 Å². The Morgan fingerprint density at radius 1 is 1.21 bits per heavy atom. The van der Waals surface area contributed by atoms with E-state index in [0.29, 0.717) is 5.75 Å². The summed E-state index contributed by atoms with van der Waals surface area (Å²) in [5.74, 6) is 0.241. The highest BCUT2D eigenvalue weighted by atomic mass is 31.2. The summed E-state index contributed by atoms with van der Waals surface area (Å²) in [6, 6.07) is 16.0. The topological polar surface area (TPSA) is 113 Å². The van der Waals surface area contributed by atoms with Gasteiger partial charge in [-0.25, -0.2) is 0 Å². The summed E-state index contributed by atoms with van der Waals surface area (Å²) in [4.78, 5) is 31.8. The Labute approximate surface area is 170 Å². The smallest absolute Gasteiger partial charge is 0.325 e. The van der Waals surface area contributed by atoms with Gasteiger partial charge < -0.3 is 25.2 Å². The standard InChI is InChI=1S/C21H27N2O5P/c1-15-18(13-21(22)24)19-12-17(28-10-5-11-29(25,26)27)8-9-20(19)23(15)14-16-6-3-2-4-7-16/h2-4,6-9,12,15,18H,5,10-11,13-14H2,1H3,(H2,22,24)(H2,25,26,27). The second-order valence-electron chi connectivity index (χ2n) is 7.44. The molecule has 7 nitrogen and oxygen atoms in total. The maximum absolute atomic E-state index is 11.7. The fraction of sp³-hybridized carbons (Fsp3) is 0.381. The monoisotopic (exact) mass is 418 g/mol. The number of carbonyl (C=O) groups is 1. The molecule has 1 aliphatic rings. The number of fused-ring (bicyclic) bond motifs is 1. The number of benzene rings is 2. The molecule has 2 aromatic rings. The van der Waals surface area contributed by atoms with Crippen molar-refractivity contribution in [2.45, 2.75) is 38.3 Å². The number of rotatable bonds is 9. The summed E-state index contributed by atoms with van der Waals surface area (Å²) in [7, 11) is -4.01. The van der Waals surface area contributed by atoms with Gasteiger partial charge in [-0.3, -0.25) is 9.36 Å². The van der Waals surface area contributed by atoms with E-state index in [2.05, 4.69) is 24.0 Å². The summed E-state index contributed by atoms with van der Waals surface area (Å²) in [5.41, 5.74) is 8.75. The maximum atomic E-state index is 11.7.